The van der Waals surface area contributed by atoms with Crippen LogP contribution in [0.5, 0.6) is 11.5 Å². The Labute approximate surface area is 329 Å². The normalized spacial score (nSPS) is 18.2. The molecule has 3 aromatic heterocycles. The first-order valence-corrected chi connectivity index (χ1v) is 20.5. The van der Waals surface area contributed by atoms with Gasteiger partial charge in [-0.25, -0.2) is 9.67 Å². The second-order valence-electron chi connectivity index (χ2n) is 19.2. The van der Waals surface area contributed by atoms with Crippen LogP contribution >= 0.6 is 0 Å². The molecule has 1 unspecified atom stereocenters. The van der Waals surface area contributed by atoms with Crippen LogP contribution in [0.15, 0.2) is 90.6 Å². The van der Waals surface area contributed by atoms with Gasteiger partial charge >= 0.3 is 0 Å². The number of para-hydroxylation sites is 1. The maximum Gasteiger partial charge on any atom is 0.137 e. The van der Waals surface area contributed by atoms with Crippen LogP contribution in [-0.4, -0.2) is 19.3 Å². The molecule has 1 aliphatic carbocycles. The van der Waals surface area contributed by atoms with Crippen molar-refractivity contribution in [2.75, 3.05) is 0 Å². The van der Waals surface area contributed by atoms with Gasteiger partial charge in [-0.2, -0.15) is 5.10 Å². The molecule has 288 valence electrons. The molecule has 5 heteroatoms. The molecule has 0 N–H and O–H groups in total. The number of allylic oxidation sites excluding steroid dienone is 2. The highest BCUT2D eigenvalue weighted by atomic mass is 16.5. The molecule has 5 nitrogen and oxygen atoms in total. The SMILES string of the molecule is Cc1nn(-c2cc(Oc3ccc4c5ccccc5n(-c5cc(CC(C)C)ccn5)c4c3)cc(C(C)C)c2)c(C)c1C1C(C(C)(C)C)=C[C@H](C)C[C@@H]1C(C)(C)C. The Hall–Kier alpha value is -4.64. The van der Waals surface area contributed by atoms with Crippen molar-refractivity contribution in [1.29, 1.82) is 0 Å². The van der Waals surface area contributed by atoms with E-state index in [1.165, 1.54) is 39.6 Å². The molecular weight excluding hydrogens is 673 g/mol. The molecule has 0 bridgehead atoms. The Morgan fingerprint density at radius 2 is 1.55 bits per heavy atom. The van der Waals surface area contributed by atoms with Crippen LogP contribution in [0, 0.1) is 42.4 Å². The van der Waals surface area contributed by atoms with E-state index in [2.05, 4.69) is 178 Å². The average Bonchev–Trinajstić information content (AvgIpc) is 3.59. The summed E-state index contributed by atoms with van der Waals surface area (Å²) in [7, 11) is 0. The van der Waals surface area contributed by atoms with Gasteiger partial charge in [0, 0.05) is 46.3 Å². The largest absolute Gasteiger partial charge is 0.457 e. The number of aromatic nitrogens is 4. The number of rotatable bonds is 8. The summed E-state index contributed by atoms with van der Waals surface area (Å²) < 4.78 is 11.3. The molecular formula is C50H62N4O. The van der Waals surface area contributed by atoms with Gasteiger partial charge in [0.2, 0.25) is 0 Å². The molecule has 0 radical (unpaired) electrons. The molecule has 0 spiro atoms. The number of hydrogen-bond donors (Lipinski definition) is 0. The van der Waals surface area contributed by atoms with Crippen molar-refractivity contribution >= 4 is 21.8 Å². The molecule has 3 atom stereocenters. The first-order chi connectivity index (χ1) is 25.9. The minimum atomic E-state index is 0.0577. The van der Waals surface area contributed by atoms with E-state index in [1.54, 1.807) is 5.57 Å². The Morgan fingerprint density at radius 1 is 0.818 bits per heavy atom. The van der Waals surface area contributed by atoms with Crippen molar-refractivity contribution in [2.24, 2.45) is 28.6 Å². The van der Waals surface area contributed by atoms with E-state index in [9.17, 15) is 0 Å². The predicted octanol–water partition coefficient (Wildman–Crippen LogP) is 13.9. The van der Waals surface area contributed by atoms with Gasteiger partial charge in [0.1, 0.15) is 17.3 Å². The fourth-order valence-corrected chi connectivity index (χ4v) is 9.21. The Morgan fingerprint density at radius 3 is 2.24 bits per heavy atom. The third-order valence-electron chi connectivity index (χ3n) is 11.9. The number of nitrogens with zero attached hydrogens (tertiary/aromatic N) is 4. The highest BCUT2D eigenvalue weighted by Gasteiger charge is 2.44. The lowest BCUT2D eigenvalue weighted by Crippen LogP contribution is -2.36. The van der Waals surface area contributed by atoms with Gasteiger partial charge in [-0.05, 0) is 115 Å². The topological polar surface area (TPSA) is 44.9 Å². The van der Waals surface area contributed by atoms with E-state index in [4.69, 9.17) is 14.8 Å². The lowest BCUT2D eigenvalue weighted by atomic mass is 9.58. The van der Waals surface area contributed by atoms with Crippen molar-refractivity contribution in [3.05, 3.63) is 119 Å². The average molecular weight is 735 g/mol. The van der Waals surface area contributed by atoms with E-state index >= 15 is 0 Å². The summed E-state index contributed by atoms with van der Waals surface area (Å²) in [6.45, 7) is 30.3. The Balaban J connectivity index is 1.32. The van der Waals surface area contributed by atoms with Crippen LogP contribution in [-0.2, 0) is 6.42 Å². The van der Waals surface area contributed by atoms with Gasteiger partial charge in [0.15, 0.2) is 0 Å². The first-order valence-electron chi connectivity index (χ1n) is 20.5. The van der Waals surface area contributed by atoms with Crippen molar-refractivity contribution in [1.82, 2.24) is 19.3 Å². The minimum absolute atomic E-state index is 0.0577. The fourth-order valence-electron chi connectivity index (χ4n) is 9.21. The Bertz CT molecular complexity index is 2390. The lowest BCUT2D eigenvalue weighted by Gasteiger charge is -2.46. The number of aryl methyl sites for hydroxylation is 1. The van der Waals surface area contributed by atoms with Crippen LogP contribution in [0.1, 0.15) is 122 Å². The zero-order valence-corrected chi connectivity index (χ0v) is 35.6. The van der Waals surface area contributed by atoms with E-state index < -0.39 is 0 Å². The summed E-state index contributed by atoms with van der Waals surface area (Å²) in [5.74, 6) is 4.78. The summed E-state index contributed by atoms with van der Waals surface area (Å²) in [6.07, 6.45) is 6.71. The predicted molar refractivity (Wildman–Crippen MR) is 231 cm³/mol. The third kappa shape index (κ3) is 7.52. The number of ether oxygens (including phenoxy) is 1. The number of fused-ring (bicyclic) bond motifs is 3. The first kappa shape index (κ1) is 38.6. The lowest BCUT2D eigenvalue weighted by molar-refractivity contribution is 0.162. The quantitative estimate of drug-likeness (QED) is 0.146. The molecule has 3 aromatic carbocycles. The molecule has 0 saturated carbocycles. The second kappa shape index (κ2) is 14.5. The monoisotopic (exact) mass is 734 g/mol. The molecule has 0 aliphatic heterocycles. The summed E-state index contributed by atoms with van der Waals surface area (Å²) >= 11 is 0. The molecule has 55 heavy (non-hydrogen) atoms. The van der Waals surface area contributed by atoms with Crippen LogP contribution in [0.3, 0.4) is 0 Å². The summed E-state index contributed by atoms with van der Waals surface area (Å²) in [6, 6.07) is 26.1. The van der Waals surface area contributed by atoms with Crippen LogP contribution < -0.4 is 4.74 Å². The van der Waals surface area contributed by atoms with Crippen LogP contribution in [0.25, 0.3) is 33.3 Å². The van der Waals surface area contributed by atoms with Crippen molar-refractivity contribution in [3.8, 4) is 23.0 Å². The third-order valence-corrected chi connectivity index (χ3v) is 11.9. The summed E-state index contributed by atoms with van der Waals surface area (Å²) in [5, 5.41) is 7.70. The number of hydrogen-bond acceptors (Lipinski definition) is 3. The zero-order valence-electron chi connectivity index (χ0n) is 35.6. The molecule has 0 fully saturated rings. The van der Waals surface area contributed by atoms with Gasteiger partial charge in [-0.3, -0.25) is 4.57 Å². The fraction of sp³-hybridized carbons (Fsp3) is 0.440. The smallest absolute Gasteiger partial charge is 0.137 e. The van der Waals surface area contributed by atoms with E-state index in [0.29, 0.717) is 29.6 Å². The standard InChI is InChI=1S/C50H62N4O/c1-30(2)22-35-20-21-51-46(25-35)53-44-17-15-14-16-40(44)41-19-18-38(29-45(41)53)55-39-27-36(31(3)4)26-37(28-39)54-34(7)47(33(6)52-54)48-42(49(8,9)10)23-32(5)24-43(48)50(11,12)13/h14-21,23,25-32,43,48H,22,24H2,1-13H3/t32-,43-,48?/m0/s1. The van der Waals surface area contributed by atoms with Crippen LogP contribution in [0.4, 0.5) is 0 Å². The van der Waals surface area contributed by atoms with Crippen molar-refractivity contribution in [2.45, 2.75) is 115 Å². The van der Waals surface area contributed by atoms with Crippen molar-refractivity contribution in [3.63, 3.8) is 0 Å². The Kier molecular flexibility index (Phi) is 10.2. The van der Waals surface area contributed by atoms with Gasteiger partial charge in [0.25, 0.3) is 0 Å². The van der Waals surface area contributed by atoms with Gasteiger partial charge in [0.05, 0.1) is 22.4 Å². The number of benzene rings is 3. The second-order valence-corrected chi connectivity index (χ2v) is 19.2. The molecule has 3 heterocycles. The molecule has 0 saturated heterocycles. The van der Waals surface area contributed by atoms with Gasteiger partial charge in [-0.1, -0.05) is 106 Å². The summed E-state index contributed by atoms with van der Waals surface area (Å²) in [4.78, 5) is 4.88. The van der Waals surface area contributed by atoms with Gasteiger partial charge < -0.3 is 4.74 Å². The maximum atomic E-state index is 6.85. The molecule has 0 amide bonds. The maximum absolute atomic E-state index is 6.85. The molecule has 1 aliphatic rings. The van der Waals surface area contributed by atoms with E-state index in [1.807, 2.05) is 6.20 Å². The van der Waals surface area contributed by atoms with Crippen LogP contribution in [0.2, 0.25) is 0 Å². The summed E-state index contributed by atoms with van der Waals surface area (Å²) in [5.41, 5.74) is 11.2. The molecule has 6 aromatic rings. The molecule has 7 rings (SSSR count). The minimum Gasteiger partial charge on any atom is -0.457 e. The highest BCUT2D eigenvalue weighted by Crippen LogP contribution is 2.54. The highest BCUT2D eigenvalue weighted by molar-refractivity contribution is 6.09. The van der Waals surface area contributed by atoms with E-state index in [-0.39, 0.29) is 10.8 Å². The van der Waals surface area contributed by atoms with Gasteiger partial charge in [-0.15, -0.1) is 0 Å². The number of pyridine rings is 1. The van der Waals surface area contributed by atoms with Crippen molar-refractivity contribution < 1.29 is 4.74 Å². The zero-order chi connectivity index (χ0) is 39.6. The van der Waals surface area contributed by atoms with E-state index in [0.717, 1.165) is 46.2 Å².